The van der Waals surface area contributed by atoms with Gasteiger partial charge in [0.2, 0.25) is 5.91 Å². The molecule has 0 saturated carbocycles. The van der Waals surface area contributed by atoms with Crippen molar-refractivity contribution in [2.75, 3.05) is 39.8 Å². The van der Waals surface area contributed by atoms with Gasteiger partial charge in [0, 0.05) is 51.0 Å². The van der Waals surface area contributed by atoms with Crippen molar-refractivity contribution >= 4 is 5.91 Å². The molecule has 1 saturated heterocycles. The second-order valence-electron chi connectivity index (χ2n) is 5.14. The highest BCUT2D eigenvalue weighted by Crippen LogP contribution is 2.05. The van der Waals surface area contributed by atoms with Crippen LogP contribution >= 0.6 is 0 Å². The van der Waals surface area contributed by atoms with E-state index in [4.69, 9.17) is 0 Å². The predicted octanol–water partition coefficient (Wildman–Crippen LogP) is -0.296. The Morgan fingerprint density at radius 2 is 2.21 bits per heavy atom. The van der Waals surface area contributed by atoms with E-state index < -0.39 is 0 Å². The minimum absolute atomic E-state index is 0.0459. The van der Waals surface area contributed by atoms with Crippen LogP contribution in [0.15, 0.2) is 12.3 Å². The summed E-state index contributed by atoms with van der Waals surface area (Å²) in [7, 11) is 2.12. The molecule has 0 spiro atoms. The van der Waals surface area contributed by atoms with Crippen LogP contribution in [0.25, 0.3) is 0 Å². The average Bonchev–Trinajstić information content (AvgIpc) is 2.92. The van der Waals surface area contributed by atoms with Crippen molar-refractivity contribution in [2.24, 2.45) is 0 Å². The Bertz CT molecular complexity index is 384. The fraction of sp³-hybridized carbons (Fsp3) is 0.692. The third kappa shape index (κ3) is 4.04. The number of nitrogens with one attached hydrogen (secondary N) is 2. The van der Waals surface area contributed by atoms with Gasteiger partial charge < -0.3 is 10.2 Å². The van der Waals surface area contributed by atoms with Gasteiger partial charge in [-0.1, -0.05) is 0 Å². The number of hydrogen-bond acceptors (Lipinski definition) is 4. The summed E-state index contributed by atoms with van der Waals surface area (Å²) in [6.07, 6.45) is 2.52. The van der Waals surface area contributed by atoms with Gasteiger partial charge in [-0.05, 0) is 20.0 Å². The number of carbonyl (C=O) groups excluding carboxylic acids is 1. The first-order chi connectivity index (χ1) is 9.16. The fourth-order valence-corrected chi connectivity index (χ4v) is 2.27. The minimum Gasteiger partial charge on any atom is -0.354 e. The van der Waals surface area contributed by atoms with E-state index in [1.807, 2.05) is 13.0 Å². The van der Waals surface area contributed by atoms with Gasteiger partial charge in [-0.2, -0.15) is 5.10 Å². The van der Waals surface area contributed by atoms with Gasteiger partial charge in [-0.15, -0.1) is 0 Å². The topological polar surface area (TPSA) is 64.3 Å². The Morgan fingerprint density at radius 1 is 1.47 bits per heavy atom. The summed E-state index contributed by atoms with van der Waals surface area (Å²) in [6, 6.07) is 1.88. The van der Waals surface area contributed by atoms with Crippen molar-refractivity contribution in [1.29, 1.82) is 0 Å². The van der Waals surface area contributed by atoms with Crippen molar-refractivity contribution in [3.8, 4) is 0 Å². The number of nitrogens with zero attached hydrogens (tertiary/aromatic N) is 3. The Morgan fingerprint density at radius 3 is 2.84 bits per heavy atom. The Balaban J connectivity index is 1.70. The maximum absolute atomic E-state index is 12.1. The van der Waals surface area contributed by atoms with Gasteiger partial charge in [0.1, 0.15) is 0 Å². The van der Waals surface area contributed by atoms with Gasteiger partial charge in [0.05, 0.1) is 6.04 Å². The van der Waals surface area contributed by atoms with Crippen LogP contribution in [0.2, 0.25) is 0 Å². The van der Waals surface area contributed by atoms with Gasteiger partial charge in [-0.3, -0.25) is 14.8 Å². The second-order valence-corrected chi connectivity index (χ2v) is 5.14. The van der Waals surface area contributed by atoms with Crippen LogP contribution in [0.1, 0.15) is 12.6 Å². The van der Waals surface area contributed by atoms with Crippen molar-refractivity contribution < 1.29 is 4.79 Å². The molecule has 2 N–H and O–H groups in total. The summed E-state index contributed by atoms with van der Waals surface area (Å²) >= 11 is 0. The molecule has 0 aliphatic carbocycles. The van der Waals surface area contributed by atoms with Crippen LogP contribution < -0.4 is 5.32 Å². The number of carbonyl (C=O) groups is 1. The highest BCUT2D eigenvalue weighted by Gasteiger charge is 2.23. The molecule has 1 fully saturated rings. The minimum atomic E-state index is -0.0459. The molecule has 106 valence electrons. The van der Waals surface area contributed by atoms with E-state index in [9.17, 15) is 4.79 Å². The standard InChI is InChI=1S/C13H23N5O/c1-11(18-9-7-17(2)8-10-18)13(19)14-5-3-12-4-6-15-16-12/h4,6,11H,3,5,7-10H2,1-2H3,(H,14,19)(H,15,16). The molecule has 1 aliphatic heterocycles. The van der Waals surface area contributed by atoms with Crippen LogP contribution in [0, 0.1) is 0 Å². The van der Waals surface area contributed by atoms with E-state index in [1.165, 1.54) is 0 Å². The summed E-state index contributed by atoms with van der Waals surface area (Å²) in [6.45, 7) is 6.63. The number of amides is 1. The second kappa shape index (κ2) is 6.68. The number of aromatic nitrogens is 2. The largest absolute Gasteiger partial charge is 0.354 e. The molecule has 6 nitrogen and oxygen atoms in total. The smallest absolute Gasteiger partial charge is 0.237 e. The molecule has 1 aliphatic rings. The number of aromatic amines is 1. The third-order valence-corrected chi connectivity index (χ3v) is 3.72. The fourth-order valence-electron chi connectivity index (χ4n) is 2.27. The Hall–Kier alpha value is -1.40. The monoisotopic (exact) mass is 265 g/mol. The Kier molecular flexibility index (Phi) is 4.93. The average molecular weight is 265 g/mol. The SMILES string of the molecule is CC(C(=O)NCCc1ccn[nH]1)N1CCN(C)CC1. The molecular formula is C13H23N5O. The summed E-state index contributed by atoms with van der Waals surface area (Å²) in [5.41, 5.74) is 1.05. The lowest BCUT2D eigenvalue weighted by molar-refractivity contribution is -0.126. The lowest BCUT2D eigenvalue weighted by Gasteiger charge is -2.35. The number of H-pyrrole nitrogens is 1. The number of rotatable bonds is 5. The van der Waals surface area contributed by atoms with Crippen molar-refractivity contribution in [3.63, 3.8) is 0 Å². The molecule has 1 aromatic rings. The van der Waals surface area contributed by atoms with Crippen molar-refractivity contribution in [3.05, 3.63) is 18.0 Å². The van der Waals surface area contributed by atoms with E-state index in [0.717, 1.165) is 38.3 Å². The van der Waals surface area contributed by atoms with E-state index in [1.54, 1.807) is 6.20 Å². The molecular weight excluding hydrogens is 242 g/mol. The predicted molar refractivity (Wildman–Crippen MR) is 73.8 cm³/mol. The van der Waals surface area contributed by atoms with E-state index in [-0.39, 0.29) is 11.9 Å². The molecule has 0 radical (unpaired) electrons. The van der Waals surface area contributed by atoms with Gasteiger partial charge in [0.25, 0.3) is 0 Å². The van der Waals surface area contributed by atoms with E-state index >= 15 is 0 Å². The summed E-state index contributed by atoms with van der Waals surface area (Å²) in [4.78, 5) is 16.6. The normalized spacial score (nSPS) is 19.3. The zero-order valence-corrected chi connectivity index (χ0v) is 11.7. The number of hydrogen-bond donors (Lipinski definition) is 2. The molecule has 19 heavy (non-hydrogen) atoms. The molecule has 1 unspecified atom stereocenters. The number of likely N-dealkylation sites (N-methyl/N-ethyl adjacent to an activating group) is 1. The maximum Gasteiger partial charge on any atom is 0.237 e. The molecule has 2 rings (SSSR count). The summed E-state index contributed by atoms with van der Waals surface area (Å²) < 4.78 is 0. The maximum atomic E-state index is 12.1. The van der Waals surface area contributed by atoms with Crippen LogP contribution in [-0.4, -0.2) is 71.7 Å². The van der Waals surface area contributed by atoms with Gasteiger partial charge in [-0.25, -0.2) is 0 Å². The third-order valence-electron chi connectivity index (χ3n) is 3.72. The molecule has 1 amide bonds. The molecule has 2 heterocycles. The lowest BCUT2D eigenvalue weighted by Crippen LogP contribution is -2.53. The Labute approximate surface area is 114 Å². The molecule has 1 atom stereocenters. The highest BCUT2D eigenvalue weighted by atomic mass is 16.2. The first-order valence-corrected chi connectivity index (χ1v) is 6.85. The van der Waals surface area contributed by atoms with E-state index in [2.05, 4.69) is 32.4 Å². The zero-order valence-electron chi connectivity index (χ0n) is 11.7. The van der Waals surface area contributed by atoms with Crippen LogP contribution in [0.4, 0.5) is 0 Å². The molecule has 1 aromatic heterocycles. The van der Waals surface area contributed by atoms with Crippen molar-refractivity contribution in [1.82, 2.24) is 25.3 Å². The van der Waals surface area contributed by atoms with E-state index in [0.29, 0.717) is 6.54 Å². The molecule has 0 aromatic carbocycles. The van der Waals surface area contributed by atoms with Crippen LogP contribution in [0.5, 0.6) is 0 Å². The quantitative estimate of drug-likeness (QED) is 0.767. The number of piperazine rings is 1. The lowest BCUT2D eigenvalue weighted by atomic mass is 10.2. The van der Waals surface area contributed by atoms with Crippen molar-refractivity contribution in [2.45, 2.75) is 19.4 Å². The van der Waals surface area contributed by atoms with Gasteiger partial charge in [0.15, 0.2) is 0 Å². The van der Waals surface area contributed by atoms with Crippen LogP contribution in [-0.2, 0) is 11.2 Å². The molecule has 0 bridgehead atoms. The summed E-state index contributed by atoms with van der Waals surface area (Å²) in [5, 5.41) is 9.76. The van der Waals surface area contributed by atoms with Gasteiger partial charge >= 0.3 is 0 Å². The molecule has 6 heteroatoms. The summed E-state index contributed by atoms with van der Waals surface area (Å²) in [5.74, 6) is 0.115. The highest BCUT2D eigenvalue weighted by molar-refractivity contribution is 5.81. The first kappa shape index (κ1) is 14.0. The first-order valence-electron chi connectivity index (χ1n) is 6.85. The van der Waals surface area contributed by atoms with Crippen LogP contribution in [0.3, 0.4) is 0 Å². The zero-order chi connectivity index (χ0) is 13.7.